The zero-order chi connectivity index (χ0) is 12.2. The summed E-state index contributed by atoms with van der Waals surface area (Å²) in [7, 11) is 0. The molecule has 4 nitrogen and oxygen atoms in total. The maximum Gasteiger partial charge on any atom is 0.0903 e. The van der Waals surface area contributed by atoms with Gasteiger partial charge >= 0.3 is 0 Å². The monoisotopic (exact) mass is 226 g/mol. The van der Waals surface area contributed by atoms with Crippen LogP contribution in [-0.2, 0) is 13.0 Å². The van der Waals surface area contributed by atoms with Gasteiger partial charge in [-0.15, -0.1) is 0 Å². The quantitative estimate of drug-likeness (QED) is 0.770. The van der Waals surface area contributed by atoms with Crippen LogP contribution in [0.25, 0.3) is 0 Å². The molecule has 0 radical (unpaired) electrons. The minimum Gasteiger partial charge on any atom is -0.390 e. The molecule has 1 aromatic heterocycles. The van der Waals surface area contributed by atoms with Crippen LogP contribution < -0.4 is 0 Å². The molecule has 0 aliphatic rings. The second-order valence-corrected chi connectivity index (χ2v) is 4.23. The molecule has 1 aromatic rings. The molecule has 0 saturated carbocycles. The molecule has 4 heteroatoms. The third-order valence-electron chi connectivity index (χ3n) is 3.28. The molecule has 1 atom stereocenters. The van der Waals surface area contributed by atoms with Crippen molar-refractivity contribution in [3.8, 4) is 0 Å². The van der Waals surface area contributed by atoms with Crippen molar-refractivity contribution in [3.05, 3.63) is 18.0 Å². The van der Waals surface area contributed by atoms with Gasteiger partial charge in [-0.25, -0.2) is 0 Å². The molecule has 2 N–H and O–H groups in total. The van der Waals surface area contributed by atoms with E-state index in [9.17, 15) is 10.2 Å². The molecule has 92 valence electrons. The smallest absolute Gasteiger partial charge is 0.0903 e. The fourth-order valence-electron chi connectivity index (χ4n) is 1.82. The summed E-state index contributed by atoms with van der Waals surface area (Å²) in [6.45, 7) is 6.62. The van der Waals surface area contributed by atoms with E-state index in [-0.39, 0.29) is 0 Å². The van der Waals surface area contributed by atoms with E-state index in [1.807, 2.05) is 31.6 Å². The number of rotatable bonds is 6. The summed E-state index contributed by atoms with van der Waals surface area (Å²) in [5.41, 5.74) is -0.0106. The number of hydrogen-bond donors (Lipinski definition) is 2. The van der Waals surface area contributed by atoms with Crippen LogP contribution in [0, 0.1) is 0 Å². The molecule has 1 rings (SSSR count). The highest BCUT2D eigenvalue weighted by molar-refractivity contribution is 5.07. The molecule has 0 aromatic carbocycles. The van der Waals surface area contributed by atoms with Crippen molar-refractivity contribution in [1.82, 2.24) is 9.78 Å². The lowest BCUT2D eigenvalue weighted by Gasteiger charge is -2.30. The summed E-state index contributed by atoms with van der Waals surface area (Å²) in [6.07, 6.45) is 4.52. The zero-order valence-corrected chi connectivity index (χ0v) is 10.3. The average molecular weight is 226 g/mol. The Balaban J connectivity index is 2.66. The zero-order valence-electron chi connectivity index (χ0n) is 10.3. The summed E-state index contributed by atoms with van der Waals surface area (Å²) < 4.78 is 1.82. The Labute approximate surface area is 96.9 Å². The third kappa shape index (κ3) is 2.83. The Morgan fingerprint density at radius 1 is 1.38 bits per heavy atom. The fraction of sp³-hybridized carbons (Fsp3) is 0.750. The second-order valence-electron chi connectivity index (χ2n) is 4.23. The van der Waals surface area contributed by atoms with E-state index < -0.39 is 11.7 Å². The maximum atomic E-state index is 10.1. The molecule has 0 fully saturated rings. The first-order valence-electron chi connectivity index (χ1n) is 5.97. The first kappa shape index (κ1) is 13.2. The SMILES string of the molecule is CCn1cc(CC(O)C(O)(CC)CC)cn1. The second kappa shape index (κ2) is 5.46. The van der Waals surface area contributed by atoms with Crippen LogP contribution in [0.1, 0.15) is 39.2 Å². The molecular weight excluding hydrogens is 204 g/mol. The van der Waals surface area contributed by atoms with E-state index in [0.717, 1.165) is 12.1 Å². The van der Waals surface area contributed by atoms with Crippen LogP contribution in [0.5, 0.6) is 0 Å². The number of aliphatic hydroxyl groups is 2. The molecule has 16 heavy (non-hydrogen) atoms. The lowest BCUT2D eigenvalue weighted by molar-refractivity contribution is -0.0790. The standard InChI is InChI=1S/C12H22N2O2/c1-4-12(16,5-2)11(15)7-10-8-13-14(6-3)9-10/h8-9,11,15-16H,4-7H2,1-3H3. The molecule has 0 amide bonds. The minimum absolute atomic E-state index is 0.457. The number of aromatic nitrogens is 2. The van der Waals surface area contributed by atoms with Crippen molar-refractivity contribution in [1.29, 1.82) is 0 Å². The summed E-state index contributed by atoms with van der Waals surface area (Å²) in [6, 6.07) is 0. The van der Waals surface area contributed by atoms with Gasteiger partial charge in [-0.3, -0.25) is 4.68 Å². The Morgan fingerprint density at radius 3 is 2.44 bits per heavy atom. The first-order chi connectivity index (χ1) is 7.55. The van der Waals surface area contributed by atoms with Crippen LogP contribution in [0.2, 0.25) is 0 Å². The Morgan fingerprint density at radius 2 is 2.00 bits per heavy atom. The fourth-order valence-corrected chi connectivity index (χ4v) is 1.82. The van der Waals surface area contributed by atoms with E-state index in [2.05, 4.69) is 5.10 Å². The summed E-state index contributed by atoms with van der Waals surface area (Å²) in [4.78, 5) is 0. The van der Waals surface area contributed by atoms with Crippen LogP contribution in [0.15, 0.2) is 12.4 Å². The lowest BCUT2D eigenvalue weighted by atomic mass is 9.87. The van der Waals surface area contributed by atoms with Gasteiger partial charge in [-0.2, -0.15) is 5.10 Å². The molecule has 0 spiro atoms. The van der Waals surface area contributed by atoms with E-state index >= 15 is 0 Å². The van der Waals surface area contributed by atoms with Crippen molar-refractivity contribution >= 4 is 0 Å². The molecule has 0 aliphatic heterocycles. The van der Waals surface area contributed by atoms with E-state index in [1.54, 1.807) is 6.20 Å². The number of hydrogen-bond acceptors (Lipinski definition) is 3. The van der Waals surface area contributed by atoms with Crippen LogP contribution in [0.3, 0.4) is 0 Å². The van der Waals surface area contributed by atoms with Gasteiger partial charge in [0.05, 0.1) is 17.9 Å². The maximum absolute atomic E-state index is 10.1. The number of nitrogens with zero attached hydrogens (tertiary/aromatic N) is 2. The van der Waals surface area contributed by atoms with Gasteiger partial charge < -0.3 is 10.2 Å². The van der Waals surface area contributed by atoms with Gasteiger partial charge in [0.25, 0.3) is 0 Å². The lowest BCUT2D eigenvalue weighted by Crippen LogP contribution is -2.42. The molecule has 0 saturated heterocycles. The van der Waals surface area contributed by atoms with E-state index in [1.165, 1.54) is 0 Å². The summed E-state index contributed by atoms with van der Waals surface area (Å²) in [5, 5.41) is 24.3. The Bertz CT molecular complexity index is 319. The summed E-state index contributed by atoms with van der Waals surface area (Å²) in [5.74, 6) is 0. The van der Waals surface area contributed by atoms with Gasteiger partial charge in [0.15, 0.2) is 0 Å². The molecule has 1 heterocycles. The van der Waals surface area contributed by atoms with Gasteiger partial charge in [0.2, 0.25) is 0 Å². The van der Waals surface area contributed by atoms with Gasteiger partial charge in [-0.1, -0.05) is 13.8 Å². The predicted molar refractivity (Wildman–Crippen MR) is 63.1 cm³/mol. The van der Waals surface area contributed by atoms with Crippen molar-refractivity contribution in [2.75, 3.05) is 0 Å². The van der Waals surface area contributed by atoms with Gasteiger partial charge in [0, 0.05) is 19.2 Å². The van der Waals surface area contributed by atoms with Crippen LogP contribution in [0.4, 0.5) is 0 Å². The van der Waals surface area contributed by atoms with Crippen LogP contribution in [-0.4, -0.2) is 31.7 Å². The van der Waals surface area contributed by atoms with E-state index in [4.69, 9.17) is 0 Å². The summed E-state index contributed by atoms with van der Waals surface area (Å²) >= 11 is 0. The highest BCUT2D eigenvalue weighted by Crippen LogP contribution is 2.22. The topological polar surface area (TPSA) is 58.3 Å². The minimum atomic E-state index is -0.978. The van der Waals surface area contributed by atoms with Gasteiger partial charge in [0.1, 0.15) is 0 Å². The van der Waals surface area contributed by atoms with Gasteiger partial charge in [-0.05, 0) is 25.3 Å². The van der Waals surface area contributed by atoms with Crippen molar-refractivity contribution in [3.63, 3.8) is 0 Å². The van der Waals surface area contributed by atoms with Crippen molar-refractivity contribution in [2.24, 2.45) is 0 Å². The third-order valence-corrected chi connectivity index (χ3v) is 3.28. The van der Waals surface area contributed by atoms with Crippen molar-refractivity contribution < 1.29 is 10.2 Å². The Hall–Kier alpha value is -0.870. The largest absolute Gasteiger partial charge is 0.390 e. The Kier molecular flexibility index (Phi) is 4.50. The number of aryl methyl sites for hydroxylation is 1. The normalized spacial score (nSPS) is 14.1. The predicted octanol–water partition coefficient (Wildman–Crippen LogP) is 1.36. The van der Waals surface area contributed by atoms with E-state index in [0.29, 0.717) is 19.3 Å². The highest BCUT2D eigenvalue weighted by atomic mass is 16.3. The molecule has 0 bridgehead atoms. The number of aliphatic hydroxyl groups excluding tert-OH is 1. The first-order valence-corrected chi connectivity index (χ1v) is 5.97. The molecular formula is C12H22N2O2. The van der Waals surface area contributed by atoms with Crippen molar-refractivity contribution in [2.45, 2.75) is 58.3 Å². The average Bonchev–Trinajstić information content (AvgIpc) is 2.75. The molecule has 1 unspecified atom stereocenters. The highest BCUT2D eigenvalue weighted by Gasteiger charge is 2.31. The molecule has 0 aliphatic carbocycles. The van der Waals surface area contributed by atoms with Crippen LogP contribution >= 0.6 is 0 Å².